The predicted octanol–water partition coefficient (Wildman–Crippen LogP) is 2.56. The van der Waals surface area contributed by atoms with E-state index in [0.717, 1.165) is 11.3 Å². The Morgan fingerprint density at radius 3 is 2.94 bits per heavy atom. The van der Waals surface area contributed by atoms with E-state index in [1.165, 1.54) is 12.1 Å². The number of halogens is 1. The van der Waals surface area contributed by atoms with Gasteiger partial charge in [-0.3, -0.25) is 10.4 Å². The Balaban J connectivity index is 1.85. The molecule has 1 aliphatic heterocycles. The maximum absolute atomic E-state index is 13.2. The molecule has 0 radical (unpaired) electrons. The molecule has 18 heavy (non-hydrogen) atoms. The molecule has 0 fully saturated rings. The molecule has 3 rings (SSSR count). The Kier molecular flexibility index (Phi) is 2.55. The number of rotatable bonds is 2. The van der Waals surface area contributed by atoms with Gasteiger partial charge in [-0.2, -0.15) is 0 Å². The fraction of sp³-hybridized carbons (Fsp3) is 0.143. The average Bonchev–Trinajstić information content (AvgIpc) is 2.68. The molecule has 3 nitrogen and oxygen atoms in total. The molecule has 1 aromatic heterocycles. The minimum atomic E-state index is -0.293. The van der Waals surface area contributed by atoms with Crippen molar-refractivity contribution in [1.29, 1.82) is 5.41 Å². The first-order chi connectivity index (χ1) is 8.74. The van der Waals surface area contributed by atoms with Crippen molar-refractivity contribution in [2.45, 2.75) is 13.1 Å². The monoisotopic (exact) mass is 241 g/mol. The second-order valence-corrected chi connectivity index (χ2v) is 4.33. The van der Waals surface area contributed by atoms with Gasteiger partial charge in [0, 0.05) is 18.3 Å². The molecule has 4 heteroatoms. The summed E-state index contributed by atoms with van der Waals surface area (Å²) in [6.07, 6.45) is 1.74. The number of benzene rings is 1. The van der Waals surface area contributed by atoms with Gasteiger partial charge in [-0.05, 0) is 29.8 Å². The largest absolute Gasteiger partial charge is 0.346 e. The summed E-state index contributed by atoms with van der Waals surface area (Å²) in [5.74, 6) is 0.0772. The Morgan fingerprint density at radius 2 is 2.17 bits per heavy atom. The van der Waals surface area contributed by atoms with Crippen LogP contribution in [-0.2, 0) is 13.1 Å². The van der Waals surface area contributed by atoms with E-state index in [1.54, 1.807) is 12.3 Å². The molecule has 2 aromatic rings. The van der Waals surface area contributed by atoms with Gasteiger partial charge in [-0.15, -0.1) is 0 Å². The van der Waals surface area contributed by atoms with Crippen molar-refractivity contribution in [3.8, 4) is 0 Å². The molecular formula is C14H12FN3. The van der Waals surface area contributed by atoms with Crippen molar-refractivity contribution in [2.24, 2.45) is 0 Å². The topological polar surface area (TPSA) is 40.0 Å². The second-order valence-electron chi connectivity index (χ2n) is 4.33. The highest BCUT2D eigenvalue weighted by Crippen LogP contribution is 2.24. The summed E-state index contributed by atoms with van der Waals surface area (Å²) >= 11 is 0. The van der Waals surface area contributed by atoms with Gasteiger partial charge < -0.3 is 4.90 Å². The van der Waals surface area contributed by atoms with Gasteiger partial charge in [-0.25, -0.2) is 4.39 Å². The molecule has 0 unspecified atom stereocenters. The molecule has 2 heterocycles. The third kappa shape index (κ3) is 1.86. The summed E-state index contributed by atoms with van der Waals surface area (Å²) in [5, 5.41) is 8.07. The zero-order valence-electron chi connectivity index (χ0n) is 9.73. The highest BCUT2D eigenvalue weighted by Gasteiger charge is 2.24. The van der Waals surface area contributed by atoms with Gasteiger partial charge >= 0.3 is 0 Å². The lowest BCUT2D eigenvalue weighted by Gasteiger charge is -2.16. The average molecular weight is 241 g/mol. The first-order valence-electron chi connectivity index (χ1n) is 5.76. The maximum atomic E-state index is 13.2. The third-order valence-electron chi connectivity index (χ3n) is 3.08. The van der Waals surface area contributed by atoms with Crippen LogP contribution in [0.15, 0.2) is 42.6 Å². The molecule has 0 spiro atoms. The first-order valence-corrected chi connectivity index (χ1v) is 5.76. The molecule has 0 bridgehead atoms. The fourth-order valence-corrected chi connectivity index (χ4v) is 2.18. The molecule has 1 aromatic carbocycles. The van der Waals surface area contributed by atoms with Crippen LogP contribution in [0.3, 0.4) is 0 Å². The van der Waals surface area contributed by atoms with Gasteiger partial charge in [0.25, 0.3) is 0 Å². The maximum Gasteiger partial charge on any atom is 0.129 e. The third-order valence-corrected chi connectivity index (χ3v) is 3.08. The number of pyridine rings is 1. The number of nitrogens with one attached hydrogen (secondary N) is 1. The first kappa shape index (κ1) is 10.9. The zero-order valence-corrected chi connectivity index (χ0v) is 9.73. The lowest BCUT2D eigenvalue weighted by atomic mass is 10.1. The van der Waals surface area contributed by atoms with Crippen molar-refractivity contribution in [3.05, 3.63) is 65.2 Å². The Hall–Kier alpha value is -2.23. The highest BCUT2D eigenvalue weighted by molar-refractivity contribution is 6.00. The van der Waals surface area contributed by atoms with Crippen molar-refractivity contribution in [2.75, 3.05) is 0 Å². The lowest BCUT2D eigenvalue weighted by molar-refractivity contribution is 0.416. The summed E-state index contributed by atoms with van der Waals surface area (Å²) in [5.41, 5.74) is 2.60. The van der Waals surface area contributed by atoms with Crippen LogP contribution in [0, 0.1) is 11.2 Å². The molecule has 0 atom stereocenters. The van der Waals surface area contributed by atoms with E-state index in [-0.39, 0.29) is 5.82 Å². The van der Waals surface area contributed by atoms with Crippen LogP contribution in [0.5, 0.6) is 0 Å². The van der Waals surface area contributed by atoms with E-state index in [4.69, 9.17) is 5.41 Å². The zero-order chi connectivity index (χ0) is 12.5. The van der Waals surface area contributed by atoms with Crippen LogP contribution in [0.25, 0.3) is 0 Å². The van der Waals surface area contributed by atoms with Crippen LogP contribution in [0.4, 0.5) is 4.39 Å². The molecular weight excluding hydrogens is 229 g/mol. The second kappa shape index (κ2) is 4.22. The van der Waals surface area contributed by atoms with E-state index >= 15 is 0 Å². The van der Waals surface area contributed by atoms with E-state index in [1.807, 2.05) is 23.1 Å². The number of amidine groups is 1. The Bertz CT molecular complexity index is 595. The summed E-state index contributed by atoms with van der Waals surface area (Å²) < 4.78 is 13.2. The molecule has 1 aliphatic rings. The number of hydrogen-bond donors (Lipinski definition) is 1. The molecule has 0 aliphatic carbocycles. The van der Waals surface area contributed by atoms with Gasteiger partial charge in [-0.1, -0.05) is 12.1 Å². The van der Waals surface area contributed by atoms with Crippen LogP contribution in [0.2, 0.25) is 0 Å². The van der Waals surface area contributed by atoms with Crippen molar-refractivity contribution in [3.63, 3.8) is 0 Å². The number of hydrogen-bond acceptors (Lipinski definition) is 2. The van der Waals surface area contributed by atoms with Gasteiger partial charge in [0.15, 0.2) is 0 Å². The van der Waals surface area contributed by atoms with Crippen LogP contribution >= 0.6 is 0 Å². The summed E-state index contributed by atoms with van der Waals surface area (Å²) in [4.78, 5) is 6.14. The van der Waals surface area contributed by atoms with Crippen molar-refractivity contribution >= 4 is 5.84 Å². The van der Waals surface area contributed by atoms with E-state index in [9.17, 15) is 4.39 Å². The molecule has 0 saturated heterocycles. The number of fused-ring (bicyclic) bond motifs is 1. The normalized spacial score (nSPS) is 13.8. The van der Waals surface area contributed by atoms with Crippen LogP contribution < -0.4 is 0 Å². The Morgan fingerprint density at radius 1 is 1.28 bits per heavy atom. The van der Waals surface area contributed by atoms with Gasteiger partial charge in [0.1, 0.15) is 11.7 Å². The Labute approximate surface area is 104 Å². The van der Waals surface area contributed by atoms with Crippen LogP contribution in [0.1, 0.15) is 16.8 Å². The quantitative estimate of drug-likeness (QED) is 0.877. The lowest BCUT2D eigenvalue weighted by Crippen LogP contribution is -2.23. The van der Waals surface area contributed by atoms with E-state index in [2.05, 4.69) is 4.98 Å². The predicted molar refractivity (Wildman–Crippen MR) is 66.7 cm³/mol. The van der Waals surface area contributed by atoms with E-state index < -0.39 is 0 Å². The van der Waals surface area contributed by atoms with Crippen molar-refractivity contribution in [1.82, 2.24) is 9.88 Å². The summed E-state index contributed by atoms with van der Waals surface area (Å²) in [7, 11) is 0. The molecule has 0 amide bonds. The smallest absolute Gasteiger partial charge is 0.129 e. The molecule has 90 valence electrons. The summed E-state index contributed by atoms with van der Waals surface area (Å²) in [6, 6.07) is 10.3. The fourth-order valence-electron chi connectivity index (χ4n) is 2.18. The van der Waals surface area contributed by atoms with E-state index in [0.29, 0.717) is 24.5 Å². The summed E-state index contributed by atoms with van der Waals surface area (Å²) in [6.45, 7) is 1.22. The van der Waals surface area contributed by atoms with Crippen LogP contribution in [-0.4, -0.2) is 15.7 Å². The minimum Gasteiger partial charge on any atom is -0.346 e. The number of aromatic nitrogens is 1. The number of nitrogens with zero attached hydrogens (tertiary/aromatic N) is 2. The minimum absolute atomic E-state index is 0.293. The standard InChI is InChI=1S/C14H12FN3/c15-11-5-4-10-8-18(14(16)13(10)7-11)9-12-3-1-2-6-17-12/h1-7,16H,8-9H2. The molecule has 1 N–H and O–H groups in total. The van der Waals surface area contributed by atoms with Crippen molar-refractivity contribution < 1.29 is 4.39 Å². The van der Waals surface area contributed by atoms with Gasteiger partial charge in [0.2, 0.25) is 0 Å². The molecule has 0 saturated carbocycles. The SMILES string of the molecule is N=C1c2cc(F)ccc2CN1Cc1ccccn1. The highest BCUT2D eigenvalue weighted by atomic mass is 19.1. The van der Waals surface area contributed by atoms with Gasteiger partial charge in [0.05, 0.1) is 12.2 Å².